The van der Waals surface area contributed by atoms with Crippen LogP contribution in [0.3, 0.4) is 0 Å². The quantitative estimate of drug-likeness (QED) is 0.738. The largest absolute Gasteiger partial charge is 0.375 e. The molecule has 2 nitrogen and oxygen atoms in total. The Bertz CT molecular complexity index is 353. The number of benzene rings is 1. The van der Waals surface area contributed by atoms with Gasteiger partial charge in [-0.05, 0) is 31.0 Å². The molecule has 1 saturated carbocycles. The molecule has 17 heavy (non-hydrogen) atoms. The van der Waals surface area contributed by atoms with Gasteiger partial charge in [0, 0.05) is 15.9 Å². The van der Waals surface area contributed by atoms with Crippen molar-refractivity contribution in [1.82, 2.24) is 0 Å². The van der Waals surface area contributed by atoms with Crippen LogP contribution >= 0.6 is 31.9 Å². The summed E-state index contributed by atoms with van der Waals surface area (Å²) in [5.41, 5.74) is 1.20. The normalized spacial score (nSPS) is 27.8. The number of rotatable bonds is 5. The summed E-state index contributed by atoms with van der Waals surface area (Å²) >= 11 is 7.01. The maximum atomic E-state index is 5.87. The fourth-order valence-electron chi connectivity index (χ4n) is 1.88. The Morgan fingerprint density at radius 3 is 2.53 bits per heavy atom. The van der Waals surface area contributed by atoms with Crippen molar-refractivity contribution in [1.29, 1.82) is 0 Å². The molecule has 1 aliphatic rings. The van der Waals surface area contributed by atoms with Crippen molar-refractivity contribution in [2.45, 2.75) is 37.0 Å². The van der Waals surface area contributed by atoms with E-state index in [9.17, 15) is 0 Å². The smallest absolute Gasteiger partial charge is 0.0962 e. The Morgan fingerprint density at radius 2 is 1.94 bits per heavy atom. The molecular formula is C13H16Br2O2. The summed E-state index contributed by atoms with van der Waals surface area (Å²) in [4.78, 5) is 0.442. The van der Waals surface area contributed by atoms with Crippen LogP contribution in [0.5, 0.6) is 0 Å². The summed E-state index contributed by atoms with van der Waals surface area (Å²) in [6.45, 7) is 3.41. The first kappa shape index (κ1) is 13.5. The van der Waals surface area contributed by atoms with Gasteiger partial charge in [0.1, 0.15) is 0 Å². The van der Waals surface area contributed by atoms with Crippen LogP contribution in [0.4, 0.5) is 0 Å². The van der Waals surface area contributed by atoms with Crippen LogP contribution in [0, 0.1) is 0 Å². The maximum Gasteiger partial charge on any atom is 0.0962 e. The topological polar surface area (TPSA) is 18.5 Å². The molecule has 0 radical (unpaired) electrons. The molecule has 1 aliphatic carbocycles. The van der Waals surface area contributed by atoms with Crippen molar-refractivity contribution < 1.29 is 9.47 Å². The lowest BCUT2D eigenvalue weighted by molar-refractivity contribution is -0.124. The van der Waals surface area contributed by atoms with Gasteiger partial charge in [0.25, 0.3) is 0 Å². The maximum absolute atomic E-state index is 5.87. The summed E-state index contributed by atoms with van der Waals surface area (Å²) in [5.74, 6) is 0. The third-order valence-electron chi connectivity index (χ3n) is 2.92. The first-order chi connectivity index (χ1) is 8.20. The zero-order valence-corrected chi connectivity index (χ0v) is 12.9. The van der Waals surface area contributed by atoms with E-state index in [1.165, 1.54) is 5.56 Å². The molecular weight excluding hydrogens is 348 g/mol. The summed E-state index contributed by atoms with van der Waals surface area (Å²) in [7, 11) is 0. The average Bonchev–Trinajstić information content (AvgIpc) is 2.33. The highest BCUT2D eigenvalue weighted by molar-refractivity contribution is 9.10. The van der Waals surface area contributed by atoms with Gasteiger partial charge in [-0.3, -0.25) is 0 Å². The summed E-state index contributed by atoms with van der Waals surface area (Å²) < 4.78 is 12.6. The molecule has 0 heterocycles. The summed E-state index contributed by atoms with van der Waals surface area (Å²) in [6.07, 6.45) is 1.46. The number of ether oxygens (including phenoxy) is 2. The Balaban J connectivity index is 1.80. The van der Waals surface area contributed by atoms with Crippen LogP contribution in [0.15, 0.2) is 28.7 Å². The van der Waals surface area contributed by atoms with Crippen molar-refractivity contribution >= 4 is 31.9 Å². The SMILES string of the molecule is CCOC1C(Br)CC1OCc1ccc(Br)cc1. The lowest BCUT2D eigenvalue weighted by Crippen LogP contribution is -2.50. The van der Waals surface area contributed by atoms with Crippen LogP contribution in [-0.4, -0.2) is 23.6 Å². The van der Waals surface area contributed by atoms with E-state index in [-0.39, 0.29) is 12.2 Å². The third-order valence-corrected chi connectivity index (χ3v) is 4.34. The average molecular weight is 364 g/mol. The second-order valence-corrected chi connectivity index (χ2v) is 6.24. The van der Waals surface area contributed by atoms with Gasteiger partial charge < -0.3 is 9.47 Å². The minimum atomic E-state index is 0.204. The predicted octanol–water partition coefficient (Wildman–Crippen LogP) is 3.91. The van der Waals surface area contributed by atoms with E-state index < -0.39 is 0 Å². The molecule has 0 N–H and O–H groups in total. The molecule has 2 rings (SSSR count). The number of alkyl halides is 1. The van der Waals surface area contributed by atoms with Gasteiger partial charge >= 0.3 is 0 Å². The van der Waals surface area contributed by atoms with Gasteiger partial charge in [-0.2, -0.15) is 0 Å². The zero-order valence-electron chi connectivity index (χ0n) is 9.74. The van der Waals surface area contributed by atoms with Gasteiger partial charge in [0.05, 0.1) is 18.8 Å². The standard InChI is InChI=1S/C13H16Br2O2/c1-2-16-13-11(15)7-12(13)17-8-9-3-5-10(14)6-4-9/h3-6,11-13H,2,7-8H2,1H3. The first-order valence-corrected chi connectivity index (χ1v) is 7.53. The van der Waals surface area contributed by atoms with E-state index in [1.54, 1.807) is 0 Å². The molecule has 0 aromatic heterocycles. The third kappa shape index (κ3) is 3.53. The van der Waals surface area contributed by atoms with E-state index in [0.717, 1.165) is 17.5 Å². The molecule has 0 bridgehead atoms. The molecule has 0 amide bonds. The van der Waals surface area contributed by atoms with Crippen LogP contribution in [0.25, 0.3) is 0 Å². The Kier molecular flexibility index (Phi) is 5.03. The molecule has 3 atom stereocenters. The van der Waals surface area contributed by atoms with Crippen LogP contribution in [0.1, 0.15) is 18.9 Å². The highest BCUT2D eigenvalue weighted by Gasteiger charge is 2.40. The molecule has 1 aromatic carbocycles. The van der Waals surface area contributed by atoms with Gasteiger partial charge in [0.2, 0.25) is 0 Å². The second kappa shape index (κ2) is 6.32. The molecule has 0 saturated heterocycles. The monoisotopic (exact) mass is 362 g/mol. The van der Waals surface area contributed by atoms with E-state index >= 15 is 0 Å². The summed E-state index contributed by atoms with van der Waals surface area (Å²) in [6, 6.07) is 8.22. The fraction of sp³-hybridized carbons (Fsp3) is 0.538. The lowest BCUT2D eigenvalue weighted by atomic mass is 9.91. The predicted molar refractivity (Wildman–Crippen MR) is 75.5 cm³/mol. The van der Waals surface area contributed by atoms with Crippen LogP contribution in [-0.2, 0) is 16.1 Å². The highest BCUT2D eigenvalue weighted by atomic mass is 79.9. The number of hydrogen-bond acceptors (Lipinski definition) is 2. The molecule has 0 spiro atoms. The van der Waals surface area contributed by atoms with Crippen molar-refractivity contribution in [2.75, 3.05) is 6.61 Å². The van der Waals surface area contributed by atoms with Crippen LogP contribution in [0.2, 0.25) is 0 Å². The minimum absolute atomic E-state index is 0.204. The molecule has 4 heteroatoms. The first-order valence-electron chi connectivity index (χ1n) is 5.82. The minimum Gasteiger partial charge on any atom is -0.375 e. The Morgan fingerprint density at radius 1 is 1.24 bits per heavy atom. The molecule has 1 fully saturated rings. The van der Waals surface area contributed by atoms with Gasteiger partial charge in [0.15, 0.2) is 0 Å². The van der Waals surface area contributed by atoms with Gasteiger partial charge in [-0.25, -0.2) is 0 Å². The van der Waals surface area contributed by atoms with E-state index in [4.69, 9.17) is 9.47 Å². The van der Waals surface area contributed by atoms with Crippen LogP contribution < -0.4 is 0 Å². The lowest BCUT2D eigenvalue weighted by Gasteiger charge is -2.40. The molecule has 3 unspecified atom stereocenters. The Labute approximate surface area is 119 Å². The fourth-order valence-corrected chi connectivity index (χ4v) is 3.00. The molecule has 1 aromatic rings. The van der Waals surface area contributed by atoms with E-state index in [2.05, 4.69) is 44.0 Å². The summed E-state index contributed by atoms with van der Waals surface area (Å²) in [5, 5.41) is 0. The van der Waals surface area contributed by atoms with E-state index in [1.807, 2.05) is 19.1 Å². The Hall–Kier alpha value is 0.100. The van der Waals surface area contributed by atoms with Crippen molar-refractivity contribution in [3.8, 4) is 0 Å². The van der Waals surface area contributed by atoms with Crippen molar-refractivity contribution in [3.05, 3.63) is 34.3 Å². The second-order valence-electron chi connectivity index (χ2n) is 4.15. The van der Waals surface area contributed by atoms with Crippen molar-refractivity contribution in [3.63, 3.8) is 0 Å². The van der Waals surface area contributed by atoms with Crippen molar-refractivity contribution in [2.24, 2.45) is 0 Å². The number of halogens is 2. The number of hydrogen-bond donors (Lipinski definition) is 0. The molecule has 0 aliphatic heterocycles. The van der Waals surface area contributed by atoms with Gasteiger partial charge in [-0.1, -0.05) is 44.0 Å². The zero-order chi connectivity index (χ0) is 12.3. The van der Waals surface area contributed by atoms with E-state index in [0.29, 0.717) is 11.4 Å². The highest BCUT2D eigenvalue weighted by Crippen LogP contribution is 2.33. The molecule has 94 valence electrons. The van der Waals surface area contributed by atoms with Gasteiger partial charge in [-0.15, -0.1) is 0 Å².